The van der Waals surface area contributed by atoms with Crippen LogP contribution in [0.15, 0.2) is 30.6 Å². The summed E-state index contributed by atoms with van der Waals surface area (Å²) in [5, 5.41) is 10.4. The Morgan fingerprint density at radius 2 is 2.24 bits per heavy atom. The second-order valence-electron chi connectivity index (χ2n) is 3.45. The highest BCUT2D eigenvalue weighted by atomic mass is 35.5. The molecule has 1 N–H and O–H groups in total. The van der Waals surface area contributed by atoms with Gasteiger partial charge in [0.15, 0.2) is 0 Å². The van der Waals surface area contributed by atoms with Crippen LogP contribution in [-0.4, -0.2) is 26.6 Å². The number of hydrogen-bond donors (Lipinski definition) is 1. The number of rotatable bonds is 3. The van der Waals surface area contributed by atoms with E-state index in [-0.39, 0.29) is 11.8 Å². The number of para-hydroxylation sites is 2. The first-order chi connectivity index (χ1) is 8.22. The minimum atomic E-state index is -0.246. The third-order valence-corrected chi connectivity index (χ3v) is 2.52. The second-order valence-corrected chi connectivity index (χ2v) is 3.71. The Bertz CT molecular complexity index is 538. The van der Waals surface area contributed by atoms with Crippen LogP contribution in [0.4, 0.5) is 5.69 Å². The lowest BCUT2D eigenvalue weighted by molar-refractivity contribution is -0.113. The van der Waals surface area contributed by atoms with Crippen molar-refractivity contribution in [2.45, 2.75) is 6.92 Å². The second kappa shape index (κ2) is 4.97. The number of benzene rings is 1. The highest BCUT2D eigenvalue weighted by Gasteiger charge is 2.09. The molecule has 0 aliphatic heterocycles. The average molecular weight is 251 g/mol. The maximum absolute atomic E-state index is 11.3. The van der Waals surface area contributed by atoms with Gasteiger partial charge in [0.05, 0.1) is 11.4 Å². The molecule has 0 radical (unpaired) electrons. The Morgan fingerprint density at radius 3 is 2.88 bits per heavy atom. The summed E-state index contributed by atoms with van der Waals surface area (Å²) in [6.45, 7) is 1.84. The van der Waals surface area contributed by atoms with Gasteiger partial charge in [0.25, 0.3) is 0 Å². The van der Waals surface area contributed by atoms with Crippen LogP contribution in [0.25, 0.3) is 5.69 Å². The van der Waals surface area contributed by atoms with E-state index < -0.39 is 0 Å². The van der Waals surface area contributed by atoms with Crippen molar-refractivity contribution in [3.05, 3.63) is 36.4 Å². The van der Waals surface area contributed by atoms with E-state index in [1.165, 1.54) is 0 Å². The summed E-state index contributed by atoms with van der Waals surface area (Å²) >= 11 is 5.47. The molecule has 0 atom stereocenters. The summed E-state index contributed by atoms with van der Waals surface area (Å²) in [6.07, 6.45) is 1.60. The number of anilines is 1. The zero-order valence-corrected chi connectivity index (χ0v) is 9.98. The highest BCUT2D eigenvalue weighted by Crippen LogP contribution is 2.20. The fraction of sp³-hybridized carbons (Fsp3) is 0.182. The lowest BCUT2D eigenvalue weighted by atomic mass is 10.2. The van der Waals surface area contributed by atoms with Crippen molar-refractivity contribution in [3.8, 4) is 5.69 Å². The number of carbonyl (C=O) groups is 1. The van der Waals surface area contributed by atoms with E-state index in [1.807, 2.05) is 25.1 Å². The van der Waals surface area contributed by atoms with Crippen LogP contribution in [-0.2, 0) is 4.79 Å². The van der Waals surface area contributed by atoms with Crippen LogP contribution in [0.5, 0.6) is 0 Å². The molecule has 17 heavy (non-hydrogen) atoms. The molecule has 1 aromatic heterocycles. The molecule has 0 saturated carbocycles. The zero-order valence-electron chi connectivity index (χ0n) is 9.22. The van der Waals surface area contributed by atoms with Gasteiger partial charge >= 0.3 is 0 Å². The number of nitrogens with zero attached hydrogens (tertiary/aromatic N) is 3. The first-order valence-electron chi connectivity index (χ1n) is 5.04. The van der Waals surface area contributed by atoms with Gasteiger partial charge in [0, 0.05) is 0 Å². The smallest absolute Gasteiger partial charge is 0.239 e. The van der Waals surface area contributed by atoms with Crippen molar-refractivity contribution in [2.24, 2.45) is 0 Å². The molecular weight excluding hydrogens is 240 g/mol. The fourth-order valence-corrected chi connectivity index (χ4v) is 1.57. The van der Waals surface area contributed by atoms with Crippen molar-refractivity contribution >= 4 is 23.2 Å². The zero-order chi connectivity index (χ0) is 12.3. The molecule has 88 valence electrons. The molecule has 0 fully saturated rings. The fourth-order valence-electron chi connectivity index (χ4n) is 1.50. The summed E-state index contributed by atoms with van der Waals surface area (Å²) in [7, 11) is 0. The van der Waals surface area contributed by atoms with Gasteiger partial charge in [-0.15, -0.1) is 21.8 Å². The van der Waals surface area contributed by atoms with Crippen molar-refractivity contribution in [2.75, 3.05) is 11.2 Å². The Hall–Kier alpha value is -1.88. The molecule has 0 aliphatic carbocycles. The minimum Gasteiger partial charge on any atom is -0.323 e. The van der Waals surface area contributed by atoms with Crippen LogP contribution in [0, 0.1) is 6.92 Å². The maximum atomic E-state index is 11.3. The molecule has 2 rings (SSSR count). The topological polar surface area (TPSA) is 59.8 Å². The number of aryl methyl sites for hydroxylation is 1. The van der Waals surface area contributed by atoms with Gasteiger partial charge in [0.1, 0.15) is 18.0 Å². The molecule has 0 aliphatic rings. The molecule has 1 amide bonds. The summed E-state index contributed by atoms with van der Waals surface area (Å²) in [6, 6.07) is 7.40. The molecule has 0 unspecified atom stereocenters. The van der Waals surface area contributed by atoms with Crippen LogP contribution in [0.3, 0.4) is 0 Å². The Kier molecular flexibility index (Phi) is 3.39. The minimum absolute atomic E-state index is 0.0739. The van der Waals surface area contributed by atoms with Crippen LogP contribution in [0.2, 0.25) is 0 Å². The summed E-state index contributed by atoms with van der Waals surface area (Å²) < 4.78 is 1.80. The van der Waals surface area contributed by atoms with Gasteiger partial charge in [-0.1, -0.05) is 12.1 Å². The number of carbonyl (C=O) groups excluding carboxylic acids is 1. The van der Waals surface area contributed by atoms with Crippen molar-refractivity contribution in [3.63, 3.8) is 0 Å². The standard InChI is InChI=1S/C11H11ClN4O/c1-8-15-13-7-16(8)10-5-3-2-4-9(10)14-11(17)6-12/h2-5,7H,6H2,1H3,(H,14,17). The normalized spacial score (nSPS) is 10.2. The molecule has 1 aromatic carbocycles. The van der Waals surface area contributed by atoms with Crippen molar-refractivity contribution in [1.29, 1.82) is 0 Å². The monoisotopic (exact) mass is 250 g/mol. The van der Waals surface area contributed by atoms with Crippen molar-refractivity contribution in [1.82, 2.24) is 14.8 Å². The first kappa shape index (κ1) is 11.6. The Labute approximate surface area is 103 Å². The first-order valence-corrected chi connectivity index (χ1v) is 5.57. The summed E-state index contributed by atoms with van der Waals surface area (Å²) in [4.78, 5) is 11.3. The Balaban J connectivity index is 2.41. The summed E-state index contributed by atoms with van der Waals surface area (Å²) in [5.41, 5.74) is 1.49. The van der Waals surface area contributed by atoms with Crippen LogP contribution >= 0.6 is 11.6 Å². The molecule has 2 aromatic rings. The number of alkyl halides is 1. The largest absolute Gasteiger partial charge is 0.323 e. The van der Waals surface area contributed by atoms with Gasteiger partial charge in [-0.25, -0.2) is 0 Å². The average Bonchev–Trinajstić information content (AvgIpc) is 2.76. The number of amides is 1. The summed E-state index contributed by atoms with van der Waals surface area (Å²) in [5.74, 6) is 0.428. The van der Waals surface area contributed by atoms with E-state index >= 15 is 0 Å². The number of aromatic nitrogens is 3. The number of hydrogen-bond acceptors (Lipinski definition) is 3. The van der Waals surface area contributed by atoms with E-state index in [0.29, 0.717) is 5.69 Å². The van der Waals surface area contributed by atoms with Crippen LogP contribution < -0.4 is 5.32 Å². The molecular formula is C11H11ClN4O. The maximum Gasteiger partial charge on any atom is 0.239 e. The third-order valence-electron chi connectivity index (χ3n) is 2.28. The molecule has 5 nitrogen and oxygen atoms in total. The lowest BCUT2D eigenvalue weighted by Crippen LogP contribution is -2.14. The van der Waals surface area contributed by atoms with Crippen LogP contribution in [0.1, 0.15) is 5.82 Å². The van der Waals surface area contributed by atoms with Gasteiger partial charge in [0.2, 0.25) is 5.91 Å². The SMILES string of the molecule is Cc1nncn1-c1ccccc1NC(=O)CCl. The number of halogens is 1. The van der Waals surface area contributed by atoms with Gasteiger partial charge in [-0.2, -0.15) is 0 Å². The van der Waals surface area contributed by atoms with E-state index in [2.05, 4.69) is 15.5 Å². The van der Waals surface area contributed by atoms with E-state index in [1.54, 1.807) is 17.0 Å². The predicted octanol–water partition coefficient (Wildman–Crippen LogP) is 1.75. The molecule has 0 spiro atoms. The van der Waals surface area contributed by atoms with Crippen molar-refractivity contribution < 1.29 is 4.79 Å². The van der Waals surface area contributed by atoms with Gasteiger partial charge in [-0.05, 0) is 19.1 Å². The molecule has 0 saturated heterocycles. The quantitative estimate of drug-likeness (QED) is 0.845. The predicted molar refractivity (Wildman–Crippen MR) is 65.4 cm³/mol. The van der Waals surface area contributed by atoms with E-state index in [9.17, 15) is 4.79 Å². The molecule has 6 heteroatoms. The van der Waals surface area contributed by atoms with E-state index in [0.717, 1.165) is 11.5 Å². The van der Waals surface area contributed by atoms with Gasteiger partial charge < -0.3 is 5.32 Å². The Morgan fingerprint density at radius 1 is 1.47 bits per heavy atom. The van der Waals surface area contributed by atoms with Gasteiger partial charge in [-0.3, -0.25) is 9.36 Å². The van der Waals surface area contributed by atoms with E-state index in [4.69, 9.17) is 11.6 Å². The number of nitrogens with one attached hydrogen (secondary N) is 1. The molecule has 0 bridgehead atoms. The molecule has 1 heterocycles. The lowest BCUT2D eigenvalue weighted by Gasteiger charge is -2.11. The highest BCUT2D eigenvalue weighted by molar-refractivity contribution is 6.29. The third kappa shape index (κ3) is 2.45.